The van der Waals surface area contributed by atoms with E-state index in [1.807, 2.05) is 11.3 Å². The number of hydrogen-bond acceptors (Lipinski definition) is 2. The molecule has 9 aromatic carbocycles. The molecule has 0 radical (unpaired) electrons. The summed E-state index contributed by atoms with van der Waals surface area (Å²) in [5, 5.41) is 12.9. The van der Waals surface area contributed by atoms with Crippen LogP contribution in [0.5, 0.6) is 0 Å². The van der Waals surface area contributed by atoms with Crippen LogP contribution < -0.4 is 4.90 Å². The lowest BCUT2D eigenvalue weighted by Crippen LogP contribution is -2.10. The summed E-state index contributed by atoms with van der Waals surface area (Å²) in [5.41, 5.74) is 5.82. The van der Waals surface area contributed by atoms with E-state index in [1.165, 1.54) is 74.4 Å². The van der Waals surface area contributed by atoms with E-state index in [2.05, 4.69) is 181 Å². The molecule has 0 fully saturated rings. The fourth-order valence-electron chi connectivity index (χ4n) is 7.54. The first-order chi connectivity index (χ1) is 23.8. The van der Waals surface area contributed by atoms with Crippen molar-refractivity contribution in [3.63, 3.8) is 0 Å². The highest BCUT2D eigenvalue weighted by Gasteiger charge is 2.18. The van der Waals surface area contributed by atoms with E-state index in [4.69, 9.17) is 0 Å². The van der Waals surface area contributed by atoms with Gasteiger partial charge in [0.15, 0.2) is 0 Å². The SMILES string of the molecule is c1ccc(-c2cccc(N(c3ccc4c(ccc5ccc6ccccc6c54)c3)c3ccc4sc5ccc6ccccc6c5c4c3)c2)cc1. The Morgan fingerprint density at radius 3 is 1.73 bits per heavy atom. The minimum absolute atomic E-state index is 1.13. The van der Waals surface area contributed by atoms with Crippen LogP contribution in [0.25, 0.3) is 74.4 Å². The summed E-state index contributed by atoms with van der Waals surface area (Å²) in [5.74, 6) is 0. The second kappa shape index (κ2) is 10.8. The van der Waals surface area contributed by atoms with Gasteiger partial charge in [0.25, 0.3) is 0 Å². The molecule has 1 aromatic heterocycles. The Kier molecular flexibility index (Phi) is 6.12. The van der Waals surface area contributed by atoms with Crippen LogP contribution in [0.4, 0.5) is 17.1 Å². The van der Waals surface area contributed by atoms with E-state index in [0.717, 1.165) is 17.1 Å². The van der Waals surface area contributed by atoms with Crippen LogP contribution in [0.1, 0.15) is 0 Å². The molecule has 224 valence electrons. The summed E-state index contributed by atoms with van der Waals surface area (Å²) in [4.78, 5) is 2.42. The highest BCUT2D eigenvalue weighted by Crippen LogP contribution is 2.44. The molecule has 0 aliphatic heterocycles. The average molecular weight is 628 g/mol. The topological polar surface area (TPSA) is 3.24 Å². The predicted molar refractivity (Wildman–Crippen MR) is 209 cm³/mol. The van der Waals surface area contributed by atoms with Gasteiger partial charge in [0.2, 0.25) is 0 Å². The Morgan fingerprint density at radius 2 is 0.896 bits per heavy atom. The third kappa shape index (κ3) is 4.31. The van der Waals surface area contributed by atoms with Gasteiger partial charge in [-0.1, -0.05) is 127 Å². The molecule has 10 aromatic rings. The molecule has 48 heavy (non-hydrogen) atoms. The minimum Gasteiger partial charge on any atom is -0.310 e. The Balaban J connectivity index is 1.22. The van der Waals surface area contributed by atoms with E-state index >= 15 is 0 Å². The molecule has 10 rings (SSSR count). The van der Waals surface area contributed by atoms with Crippen LogP contribution in [0.2, 0.25) is 0 Å². The summed E-state index contributed by atoms with van der Waals surface area (Å²) in [6.07, 6.45) is 0. The molecular formula is C46H29NS. The first kappa shape index (κ1) is 27.2. The monoisotopic (exact) mass is 627 g/mol. The van der Waals surface area contributed by atoms with Crippen molar-refractivity contribution in [2.24, 2.45) is 0 Å². The zero-order valence-electron chi connectivity index (χ0n) is 26.1. The first-order valence-corrected chi connectivity index (χ1v) is 17.2. The number of rotatable bonds is 4. The number of nitrogens with zero attached hydrogens (tertiary/aromatic N) is 1. The number of thiophene rings is 1. The second-order valence-electron chi connectivity index (χ2n) is 12.5. The van der Waals surface area contributed by atoms with E-state index in [-0.39, 0.29) is 0 Å². The zero-order valence-corrected chi connectivity index (χ0v) is 26.9. The number of benzene rings is 9. The highest BCUT2D eigenvalue weighted by molar-refractivity contribution is 7.26. The maximum absolute atomic E-state index is 2.42. The number of fused-ring (bicyclic) bond motifs is 10. The highest BCUT2D eigenvalue weighted by atomic mass is 32.1. The lowest BCUT2D eigenvalue weighted by molar-refractivity contribution is 1.30. The predicted octanol–water partition coefficient (Wildman–Crippen LogP) is 13.8. The molecule has 0 saturated heterocycles. The van der Waals surface area contributed by atoms with Crippen molar-refractivity contribution in [2.45, 2.75) is 0 Å². The summed E-state index contributed by atoms with van der Waals surface area (Å²) < 4.78 is 2.63. The van der Waals surface area contributed by atoms with Crippen LogP contribution in [-0.4, -0.2) is 0 Å². The standard InChI is InChI=1S/C46H29NS/c1-2-9-30(10-3-1)34-13-8-14-36(27-34)47(38-23-26-43-42(29-38)46-40-16-7-5-12-32(40)21-25-44(46)48-43)37-22-24-41-35(28-37)20-19-33-18-17-31-11-4-6-15-39(31)45(33)41/h1-29H. The lowest BCUT2D eigenvalue weighted by Gasteiger charge is -2.27. The molecule has 1 nitrogen and oxygen atoms in total. The van der Waals surface area contributed by atoms with Gasteiger partial charge in [-0.25, -0.2) is 0 Å². The van der Waals surface area contributed by atoms with Crippen LogP contribution in [0.3, 0.4) is 0 Å². The fraction of sp³-hybridized carbons (Fsp3) is 0. The van der Waals surface area contributed by atoms with E-state index in [0.29, 0.717) is 0 Å². The first-order valence-electron chi connectivity index (χ1n) is 16.4. The molecule has 0 amide bonds. The van der Waals surface area contributed by atoms with E-state index in [1.54, 1.807) is 0 Å². The van der Waals surface area contributed by atoms with Gasteiger partial charge in [0.05, 0.1) is 0 Å². The third-order valence-corrected chi connectivity index (χ3v) is 10.9. The number of anilines is 3. The van der Waals surface area contributed by atoms with Crippen molar-refractivity contribution in [3.8, 4) is 11.1 Å². The van der Waals surface area contributed by atoms with Crippen LogP contribution in [0.15, 0.2) is 176 Å². The summed E-state index contributed by atoms with van der Waals surface area (Å²) in [6.45, 7) is 0. The minimum atomic E-state index is 1.13. The van der Waals surface area contributed by atoms with Crippen LogP contribution in [0, 0.1) is 0 Å². The maximum Gasteiger partial charge on any atom is 0.0468 e. The van der Waals surface area contributed by atoms with Crippen molar-refractivity contribution in [2.75, 3.05) is 4.90 Å². The average Bonchev–Trinajstić information content (AvgIpc) is 3.54. The van der Waals surface area contributed by atoms with Gasteiger partial charge in [0, 0.05) is 37.2 Å². The normalized spacial score (nSPS) is 11.8. The molecule has 0 N–H and O–H groups in total. The molecule has 2 heteroatoms. The molecule has 0 atom stereocenters. The Morgan fingerprint density at radius 1 is 0.312 bits per heavy atom. The van der Waals surface area contributed by atoms with Gasteiger partial charge in [-0.05, 0) is 103 Å². The molecule has 0 aliphatic carbocycles. The molecule has 1 heterocycles. The third-order valence-electron chi connectivity index (χ3n) is 9.78. The molecule has 0 saturated carbocycles. The van der Waals surface area contributed by atoms with Gasteiger partial charge in [0.1, 0.15) is 0 Å². The van der Waals surface area contributed by atoms with Gasteiger partial charge in [-0.15, -0.1) is 11.3 Å². The van der Waals surface area contributed by atoms with Crippen molar-refractivity contribution >= 4 is 91.7 Å². The zero-order chi connectivity index (χ0) is 31.6. The van der Waals surface area contributed by atoms with E-state index < -0.39 is 0 Å². The fourth-order valence-corrected chi connectivity index (χ4v) is 8.64. The quantitative estimate of drug-likeness (QED) is 0.176. The smallest absolute Gasteiger partial charge is 0.0468 e. The van der Waals surface area contributed by atoms with Crippen molar-refractivity contribution in [1.29, 1.82) is 0 Å². The summed E-state index contributed by atoms with van der Waals surface area (Å²) in [6, 6.07) is 64.6. The van der Waals surface area contributed by atoms with E-state index in [9.17, 15) is 0 Å². The van der Waals surface area contributed by atoms with Crippen molar-refractivity contribution in [1.82, 2.24) is 0 Å². The molecule has 0 bridgehead atoms. The van der Waals surface area contributed by atoms with Gasteiger partial charge in [-0.3, -0.25) is 0 Å². The van der Waals surface area contributed by atoms with Gasteiger partial charge < -0.3 is 4.90 Å². The molecular weight excluding hydrogens is 599 g/mol. The number of hydrogen-bond donors (Lipinski definition) is 0. The molecule has 0 aliphatic rings. The summed E-state index contributed by atoms with van der Waals surface area (Å²) >= 11 is 1.87. The van der Waals surface area contributed by atoms with Gasteiger partial charge >= 0.3 is 0 Å². The summed E-state index contributed by atoms with van der Waals surface area (Å²) in [7, 11) is 0. The maximum atomic E-state index is 2.42. The molecule has 0 unspecified atom stereocenters. The van der Waals surface area contributed by atoms with Crippen LogP contribution in [-0.2, 0) is 0 Å². The second-order valence-corrected chi connectivity index (χ2v) is 13.6. The Hall–Kier alpha value is -5.96. The van der Waals surface area contributed by atoms with Crippen molar-refractivity contribution < 1.29 is 0 Å². The lowest BCUT2D eigenvalue weighted by atomic mass is 9.96. The Bertz CT molecular complexity index is 2850. The Labute approximate surface area is 282 Å². The van der Waals surface area contributed by atoms with Gasteiger partial charge in [-0.2, -0.15) is 0 Å². The molecule has 0 spiro atoms. The van der Waals surface area contributed by atoms with Crippen molar-refractivity contribution in [3.05, 3.63) is 176 Å². The van der Waals surface area contributed by atoms with Crippen LogP contribution >= 0.6 is 11.3 Å². The largest absolute Gasteiger partial charge is 0.310 e.